The smallest absolute Gasteiger partial charge is 0.338 e. The Morgan fingerprint density at radius 3 is 2.84 bits per heavy atom. The van der Waals surface area contributed by atoms with Crippen molar-refractivity contribution in [1.29, 1.82) is 0 Å². The third kappa shape index (κ3) is 2.97. The van der Waals surface area contributed by atoms with Gasteiger partial charge in [-0.15, -0.1) is 10.2 Å². The first-order valence-corrected chi connectivity index (χ1v) is 5.43. The van der Waals surface area contributed by atoms with Gasteiger partial charge in [0, 0.05) is 0 Å². The topological polar surface area (TPSA) is 105 Å². The molecule has 19 heavy (non-hydrogen) atoms. The molecule has 0 spiro atoms. The number of ether oxygens (including phenoxy) is 2. The van der Waals surface area contributed by atoms with Gasteiger partial charge in [0.15, 0.2) is 6.61 Å². The molecule has 2 rings (SSSR count). The molecule has 0 aliphatic carbocycles. The predicted octanol–water partition coefficient (Wildman–Crippen LogP) is 0.158. The third-order valence-corrected chi connectivity index (χ3v) is 2.35. The molecule has 1 heterocycles. The minimum atomic E-state index is -0.512. The summed E-state index contributed by atoms with van der Waals surface area (Å²) in [5, 5.41) is 11.2. The van der Waals surface area contributed by atoms with Crippen LogP contribution in [0.4, 0.5) is 5.69 Å². The predicted molar refractivity (Wildman–Crippen MR) is 65.3 cm³/mol. The van der Waals surface area contributed by atoms with Gasteiger partial charge < -0.3 is 15.2 Å². The van der Waals surface area contributed by atoms with Gasteiger partial charge in [-0.1, -0.05) is 0 Å². The Balaban J connectivity index is 2.01. The molecular weight excluding hydrogens is 250 g/mol. The lowest BCUT2D eigenvalue weighted by molar-refractivity contribution is 0.0462. The van der Waals surface area contributed by atoms with Crippen molar-refractivity contribution >= 4 is 11.7 Å². The van der Waals surface area contributed by atoms with E-state index in [9.17, 15) is 4.79 Å². The summed E-state index contributed by atoms with van der Waals surface area (Å²) in [5.74, 6) is 0.325. The Morgan fingerprint density at radius 2 is 2.26 bits per heavy atom. The average molecular weight is 263 g/mol. The number of carbonyl (C=O) groups excluding carboxylic acids is 1. The number of methoxy groups -OCH3 is 1. The van der Waals surface area contributed by atoms with E-state index >= 15 is 0 Å². The standard InChI is InChI=1S/C11H13N5O3/c1-16-14-10(13-15-16)6-19-11(17)7-3-4-9(18-2)8(12)5-7/h3-5H,6,12H2,1-2H3. The molecule has 0 aliphatic heterocycles. The van der Waals surface area contributed by atoms with Crippen LogP contribution in [-0.4, -0.2) is 33.3 Å². The number of rotatable bonds is 4. The highest BCUT2D eigenvalue weighted by Gasteiger charge is 2.11. The highest BCUT2D eigenvalue weighted by molar-refractivity contribution is 5.91. The van der Waals surface area contributed by atoms with E-state index in [-0.39, 0.29) is 6.61 Å². The van der Waals surface area contributed by atoms with Crippen LogP contribution in [0.1, 0.15) is 16.2 Å². The molecular formula is C11H13N5O3. The van der Waals surface area contributed by atoms with E-state index in [1.807, 2.05) is 0 Å². The molecule has 0 bridgehead atoms. The highest BCUT2D eigenvalue weighted by Crippen LogP contribution is 2.22. The summed E-state index contributed by atoms with van der Waals surface area (Å²) in [5.41, 5.74) is 6.41. The van der Waals surface area contributed by atoms with Crippen molar-refractivity contribution < 1.29 is 14.3 Å². The number of hydrogen-bond donors (Lipinski definition) is 1. The quantitative estimate of drug-likeness (QED) is 0.618. The van der Waals surface area contributed by atoms with Crippen molar-refractivity contribution in [3.8, 4) is 5.75 Å². The Bertz CT molecular complexity index is 596. The summed E-state index contributed by atoms with van der Waals surface area (Å²) < 4.78 is 10.0. The van der Waals surface area contributed by atoms with E-state index in [1.165, 1.54) is 18.0 Å². The monoisotopic (exact) mass is 263 g/mol. The summed E-state index contributed by atoms with van der Waals surface area (Å²) >= 11 is 0. The summed E-state index contributed by atoms with van der Waals surface area (Å²) in [6.45, 7) is -0.0430. The number of tetrazole rings is 1. The lowest BCUT2D eigenvalue weighted by Gasteiger charge is -2.06. The minimum absolute atomic E-state index is 0.0430. The second kappa shape index (κ2) is 5.34. The number of nitrogen functional groups attached to an aromatic ring is 1. The number of nitrogens with zero attached hydrogens (tertiary/aromatic N) is 4. The average Bonchev–Trinajstić information content (AvgIpc) is 2.81. The fourth-order valence-corrected chi connectivity index (χ4v) is 1.46. The summed E-state index contributed by atoms with van der Waals surface area (Å²) in [4.78, 5) is 13.1. The molecule has 0 unspecified atom stereocenters. The van der Waals surface area contributed by atoms with Crippen LogP contribution in [0.25, 0.3) is 0 Å². The molecule has 0 aliphatic rings. The van der Waals surface area contributed by atoms with Crippen LogP contribution in [0.3, 0.4) is 0 Å². The second-order valence-corrected chi connectivity index (χ2v) is 3.73. The fraction of sp³-hybridized carbons (Fsp3) is 0.273. The Labute approximate surface area is 109 Å². The van der Waals surface area contributed by atoms with Crippen LogP contribution in [-0.2, 0) is 18.4 Å². The molecule has 2 N–H and O–H groups in total. The van der Waals surface area contributed by atoms with Gasteiger partial charge in [-0.2, -0.15) is 4.80 Å². The number of carbonyl (C=O) groups is 1. The highest BCUT2D eigenvalue weighted by atomic mass is 16.5. The third-order valence-electron chi connectivity index (χ3n) is 2.35. The van der Waals surface area contributed by atoms with Gasteiger partial charge in [0.2, 0.25) is 5.82 Å². The van der Waals surface area contributed by atoms with Crippen LogP contribution in [0.15, 0.2) is 18.2 Å². The molecule has 1 aromatic carbocycles. The van der Waals surface area contributed by atoms with E-state index in [0.717, 1.165) is 0 Å². The first-order chi connectivity index (χ1) is 9.10. The van der Waals surface area contributed by atoms with E-state index in [4.69, 9.17) is 15.2 Å². The van der Waals surface area contributed by atoms with Crippen molar-refractivity contribution in [3.63, 3.8) is 0 Å². The van der Waals surface area contributed by atoms with E-state index in [0.29, 0.717) is 22.8 Å². The zero-order valence-corrected chi connectivity index (χ0v) is 10.5. The largest absolute Gasteiger partial charge is 0.495 e. The van der Waals surface area contributed by atoms with Crippen LogP contribution in [0.5, 0.6) is 5.75 Å². The molecule has 100 valence electrons. The number of nitrogens with two attached hydrogens (primary N) is 1. The number of benzene rings is 1. The molecule has 0 saturated heterocycles. The number of anilines is 1. The molecule has 0 atom stereocenters. The van der Waals surface area contributed by atoms with Gasteiger partial charge in [-0.05, 0) is 23.4 Å². The number of esters is 1. The molecule has 0 radical (unpaired) electrons. The van der Waals surface area contributed by atoms with Crippen LogP contribution in [0.2, 0.25) is 0 Å². The Hall–Kier alpha value is -2.64. The van der Waals surface area contributed by atoms with Gasteiger partial charge in [-0.25, -0.2) is 4.79 Å². The maximum absolute atomic E-state index is 11.8. The van der Waals surface area contributed by atoms with Crippen molar-refractivity contribution in [1.82, 2.24) is 20.2 Å². The molecule has 2 aromatic rings. The number of aryl methyl sites for hydroxylation is 1. The second-order valence-electron chi connectivity index (χ2n) is 3.73. The maximum atomic E-state index is 11.8. The first-order valence-electron chi connectivity index (χ1n) is 5.43. The van der Waals surface area contributed by atoms with Crippen LogP contribution < -0.4 is 10.5 Å². The molecule has 0 fully saturated rings. The van der Waals surface area contributed by atoms with Crippen molar-refractivity contribution in [2.24, 2.45) is 7.05 Å². The lowest BCUT2D eigenvalue weighted by Crippen LogP contribution is -2.07. The first kappa shape index (κ1) is 12.8. The lowest BCUT2D eigenvalue weighted by atomic mass is 10.2. The van der Waals surface area contributed by atoms with Crippen molar-refractivity contribution in [3.05, 3.63) is 29.6 Å². The van der Waals surface area contributed by atoms with Gasteiger partial charge in [0.25, 0.3) is 0 Å². The molecule has 1 aromatic heterocycles. The van der Waals surface area contributed by atoms with Gasteiger partial charge in [0.1, 0.15) is 5.75 Å². The van der Waals surface area contributed by atoms with Gasteiger partial charge >= 0.3 is 5.97 Å². The fourth-order valence-electron chi connectivity index (χ4n) is 1.46. The molecule has 0 saturated carbocycles. The van der Waals surface area contributed by atoms with E-state index in [1.54, 1.807) is 19.2 Å². The number of hydrogen-bond acceptors (Lipinski definition) is 7. The van der Waals surface area contributed by atoms with E-state index in [2.05, 4.69) is 15.4 Å². The maximum Gasteiger partial charge on any atom is 0.338 e. The Morgan fingerprint density at radius 1 is 1.47 bits per heavy atom. The normalized spacial score (nSPS) is 10.2. The van der Waals surface area contributed by atoms with Crippen molar-refractivity contribution in [2.75, 3.05) is 12.8 Å². The van der Waals surface area contributed by atoms with Crippen molar-refractivity contribution in [2.45, 2.75) is 6.61 Å². The summed E-state index contributed by atoms with van der Waals surface area (Å²) in [6.07, 6.45) is 0. The summed E-state index contributed by atoms with van der Waals surface area (Å²) in [6, 6.07) is 4.67. The zero-order chi connectivity index (χ0) is 13.8. The van der Waals surface area contributed by atoms with Crippen LogP contribution in [0, 0.1) is 0 Å². The van der Waals surface area contributed by atoms with Gasteiger partial charge in [0.05, 0.1) is 25.4 Å². The number of aromatic nitrogens is 4. The zero-order valence-electron chi connectivity index (χ0n) is 10.5. The Kier molecular flexibility index (Phi) is 3.60. The molecule has 0 amide bonds. The summed E-state index contributed by atoms with van der Waals surface area (Å²) in [7, 11) is 3.13. The SMILES string of the molecule is COc1ccc(C(=O)OCc2nnn(C)n2)cc1N. The van der Waals surface area contributed by atoms with Gasteiger partial charge in [-0.3, -0.25) is 0 Å². The molecule has 8 heteroatoms. The van der Waals surface area contributed by atoms with E-state index < -0.39 is 5.97 Å². The van der Waals surface area contributed by atoms with Crippen LogP contribution >= 0.6 is 0 Å². The molecule has 8 nitrogen and oxygen atoms in total. The minimum Gasteiger partial charge on any atom is -0.495 e.